The Morgan fingerprint density at radius 3 is 2.18 bits per heavy atom. The molecular formula is C21H13ClF4N4O3. The topological polar surface area (TPSA) is 78.3 Å². The lowest BCUT2D eigenvalue weighted by Gasteiger charge is -2.11. The van der Waals surface area contributed by atoms with Crippen LogP contribution in [-0.4, -0.2) is 35.1 Å². The molecule has 0 aliphatic carbocycles. The highest BCUT2D eigenvalue weighted by Gasteiger charge is 2.30. The van der Waals surface area contributed by atoms with E-state index in [2.05, 4.69) is 20.3 Å². The molecule has 33 heavy (non-hydrogen) atoms. The van der Waals surface area contributed by atoms with Crippen LogP contribution in [0.3, 0.4) is 0 Å². The van der Waals surface area contributed by atoms with Gasteiger partial charge in [-0.2, -0.15) is 13.6 Å². The van der Waals surface area contributed by atoms with Crippen molar-refractivity contribution in [3.8, 4) is 17.2 Å². The zero-order valence-corrected chi connectivity index (χ0v) is 17.7. The number of ether oxygens (including phenoxy) is 2. The van der Waals surface area contributed by atoms with Crippen molar-refractivity contribution in [1.82, 2.24) is 15.0 Å². The van der Waals surface area contributed by atoms with Crippen molar-refractivity contribution in [1.29, 1.82) is 0 Å². The van der Waals surface area contributed by atoms with E-state index in [1.54, 1.807) is 18.2 Å². The van der Waals surface area contributed by atoms with Crippen LogP contribution >= 0.6 is 11.6 Å². The zero-order chi connectivity index (χ0) is 23.9. The van der Waals surface area contributed by atoms with Gasteiger partial charge in [-0.3, -0.25) is 4.79 Å². The smallest absolute Gasteiger partial charge is 0.261 e. The van der Waals surface area contributed by atoms with Gasteiger partial charge in [-0.15, -0.1) is 10.2 Å². The predicted octanol–water partition coefficient (Wildman–Crippen LogP) is 4.90. The molecule has 0 unspecified atom stereocenters. The van der Waals surface area contributed by atoms with E-state index >= 15 is 0 Å². The van der Waals surface area contributed by atoms with E-state index in [1.807, 2.05) is 0 Å². The van der Waals surface area contributed by atoms with Crippen LogP contribution in [0, 0.1) is 23.3 Å². The maximum absolute atomic E-state index is 14.2. The van der Waals surface area contributed by atoms with E-state index in [4.69, 9.17) is 16.3 Å². The molecule has 0 bridgehead atoms. The molecule has 0 spiro atoms. The molecule has 1 aromatic heterocycles. The third-order valence-corrected chi connectivity index (χ3v) is 4.95. The maximum atomic E-state index is 14.2. The van der Waals surface area contributed by atoms with Crippen LogP contribution in [0.25, 0.3) is 16.7 Å². The lowest BCUT2D eigenvalue weighted by molar-refractivity contribution is 0.101. The lowest BCUT2D eigenvalue weighted by Crippen LogP contribution is -2.18. The van der Waals surface area contributed by atoms with Crippen LogP contribution < -0.4 is 14.8 Å². The number of carbonyl (C=O) groups is 1. The second kappa shape index (κ2) is 8.58. The van der Waals surface area contributed by atoms with Crippen LogP contribution in [0.5, 0.6) is 11.5 Å². The summed E-state index contributed by atoms with van der Waals surface area (Å²) in [4.78, 5) is 13.7. The molecule has 0 aliphatic heterocycles. The fraction of sp³-hybridized carbons (Fsp3) is 0.0952. The number of methoxy groups -OCH3 is 2. The Hall–Kier alpha value is -3.86. The molecule has 0 radical (unpaired) electrons. The van der Waals surface area contributed by atoms with Gasteiger partial charge in [0.25, 0.3) is 5.91 Å². The van der Waals surface area contributed by atoms with Gasteiger partial charge in [0.05, 0.1) is 24.9 Å². The molecule has 0 fully saturated rings. The fourth-order valence-electron chi connectivity index (χ4n) is 3.07. The Morgan fingerprint density at radius 1 is 0.909 bits per heavy atom. The van der Waals surface area contributed by atoms with Crippen LogP contribution in [0.1, 0.15) is 10.4 Å². The van der Waals surface area contributed by atoms with Crippen molar-refractivity contribution in [2.45, 2.75) is 0 Å². The molecule has 0 saturated carbocycles. The molecular weight excluding hydrogens is 468 g/mol. The minimum Gasteiger partial charge on any atom is -0.495 e. The minimum absolute atomic E-state index is 0.0581. The van der Waals surface area contributed by atoms with Gasteiger partial charge >= 0.3 is 0 Å². The molecule has 170 valence electrons. The summed E-state index contributed by atoms with van der Waals surface area (Å²) >= 11 is 6.12. The van der Waals surface area contributed by atoms with E-state index in [9.17, 15) is 22.4 Å². The van der Waals surface area contributed by atoms with Crippen molar-refractivity contribution in [2.24, 2.45) is 0 Å². The van der Waals surface area contributed by atoms with E-state index in [0.717, 1.165) is 7.11 Å². The molecule has 4 aromatic rings. The van der Waals surface area contributed by atoms with Crippen molar-refractivity contribution >= 4 is 34.2 Å². The zero-order valence-electron chi connectivity index (χ0n) is 16.9. The normalized spacial score (nSPS) is 11.0. The molecule has 0 atom stereocenters. The van der Waals surface area contributed by atoms with Gasteiger partial charge < -0.3 is 14.8 Å². The van der Waals surface area contributed by atoms with E-state index in [-0.39, 0.29) is 5.69 Å². The highest BCUT2D eigenvalue weighted by atomic mass is 35.5. The van der Waals surface area contributed by atoms with Gasteiger partial charge in [-0.1, -0.05) is 11.6 Å². The molecule has 3 aromatic carbocycles. The fourth-order valence-corrected chi connectivity index (χ4v) is 3.32. The summed E-state index contributed by atoms with van der Waals surface area (Å²) in [5, 5.41) is 11.1. The predicted molar refractivity (Wildman–Crippen MR) is 111 cm³/mol. The largest absolute Gasteiger partial charge is 0.495 e. The van der Waals surface area contributed by atoms with E-state index in [0.29, 0.717) is 27.5 Å². The number of carbonyl (C=O) groups excluding carboxylic acids is 1. The van der Waals surface area contributed by atoms with Crippen LogP contribution in [0.4, 0.5) is 23.2 Å². The number of rotatable bonds is 5. The summed E-state index contributed by atoms with van der Waals surface area (Å²) in [5.74, 6) is -9.61. The summed E-state index contributed by atoms with van der Waals surface area (Å²) in [7, 11) is 2.31. The quantitative estimate of drug-likeness (QED) is 0.325. The SMILES string of the molecule is COc1ccc(-n2nc3ccc(NC(=O)c4c(F)c(F)c(OC)c(F)c4F)cc3n2)cc1Cl. The molecule has 12 heteroatoms. The van der Waals surface area contributed by atoms with Gasteiger partial charge in [0.15, 0.2) is 17.4 Å². The number of fused-ring (bicyclic) bond motifs is 1. The summed E-state index contributed by atoms with van der Waals surface area (Å²) in [6, 6.07) is 9.13. The third-order valence-electron chi connectivity index (χ3n) is 4.66. The summed E-state index contributed by atoms with van der Waals surface area (Å²) in [5.41, 5.74) is -0.104. The van der Waals surface area contributed by atoms with Gasteiger partial charge in [0, 0.05) is 5.69 Å². The second-order valence-corrected chi connectivity index (χ2v) is 7.04. The molecule has 0 aliphatic rings. The molecule has 1 amide bonds. The van der Waals surface area contributed by atoms with Crippen molar-refractivity contribution in [3.05, 3.63) is 70.3 Å². The minimum atomic E-state index is -1.88. The Labute approximate surface area is 188 Å². The Morgan fingerprint density at radius 2 is 1.58 bits per heavy atom. The van der Waals surface area contributed by atoms with Gasteiger partial charge in [-0.25, -0.2) is 8.78 Å². The van der Waals surface area contributed by atoms with E-state index < -0.39 is 40.5 Å². The first kappa shape index (κ1) is 22.3. The van der Waals surface area contributed by atoms with Crippen LogP contribution in [0.15, 0.2) is 36.4 Å². The molecule has 7 nitrogen and oxygen atoms in total. The summed E-state index contributed by atoms with van der Waals surface area (Å²) in [6.45, 7) is 0. The highest BCUT2D eigenvalue weighted by Crippen LogP contribution is 2.31. The van der Waals surface area contributed by atoms with Crippen LogP contribution in [0.2, 0.25) is 5.02 Å². The molecule has 4 rings (SSSR count). The Kier molecular flexibility index (Phi) is 5.81. The van der Waals surface area contributed by atoms with Crippen LogP contribution in [-0.2, 0) is 0 Å². The maximum Gasteiger partial charge on any atom is 0.261 e. The number of anilines is 1. The number of hydrogen-bond acceptors (Lipinski definition) is 5. The Balaban J connectivity index is 1.66. The number of benzene rings is 3. The molecule has 0 saturated heterocycles. The second-order valence-electron chi connectivity index (χ2n) is 6.63. The number of nitrogens with zero attached hydrogens (tertiary/aromatic N) is 3. The number of aromatic nitrogens is 3. The first-order valence-corrected chi connectivity index (χ1v) is 9.55. The monoisotopic (exact) mass is 480 g/mol. The third kappa shape index (κ3) is 3.91. The van der Waals surface area contributed by atoms with Gasteiger partial charge in [0.1, 0.15) is 22.3 Å². The first-order chi connectivity index (χ1) is 15.7. The average Bonchev–Trinajstić information content (AvgIpc) is 3.22. The summed E-state index contributed by atoms with van der Waals surface area (Å²) in [6.07, 6.45) is 0. The van der Waals surface area contributed by atoms with Gasteiger partial charge in [0.2, 0.25) is 11.6 Å². The average molecular weight is 481 g/mol. The number of hydrogen-bond donors (Lipinski definition) is 1. The van der Waals surface area contributed by atoms with Crippen molar-refractivity contribution < 1.29 is 31.8 Å². The number of halogens is 5. The number of nitrogens with one attached hydrogen (secondary N) is 1. The molecule has 1 heterocycles. The first-order valence-electron chi connectivity index (χ1n) is 9.17. The Bertz CT molecular complexity index is 1380. The highest BCUT2D eigenvalue weighted by molar-refractivity contribution is 6.32. The molecule has 1 N–H and O–H groups in total. The van der Waals surface area contributed by atoms with Crippen molar-refractivity contribution in [2.75, 3.05) is 19.5 Å². The standard InChI is InChI=1S/C21H13ClF4N4O3/c1-32-14-6-4-10(8-11(14)22)30-28-12-5-3-9(7-13(12)29-30)27-21(31)15-16(23)18(25)20(33-2)19(26)17(15)24/h3-8H,1-2H3,(H,27,31). The van der Waals surface area contributed by atoms with Gasteiger partial charge in [-0.05, 0) is 36.4 Å². The summed E-state index contributed by atoms with van der Waals surface area (Å²) < 4.78 is 65.7. The van der Waals surface area contributed by atoms with Crippen molar-refractivity contribution in [3.63, 3.8) is 0 Å². The van der Waals surface area contributed by atoms with E-state index in [1.165, 1.54) is 30.1 Å². The number of amides is 1. The lowest BCUT2D eigenvalue weighted by atomic mass is 10.1.